The molecule has 3 heterocycles. The Bertz CT molecular complexity index is 848. The highest BCUT2D eigenvalue weighted by Gasteiger charge is 2.17. The van der Waals surface area contributed by atoms with Crippen molar-refractivity contribution in [2.45, 2.75) is 19.9 Å². The molecule has 1 aromatic carbocycles. The Morgan fingerprint density at radius 2 is 2.24 bits per heavy atom. The van der Waals surface area contributed by atoms with E-state index in [-0.39, 0.29) is 0 Å². The molecule has 0 fully saturated rings. The summed E-state index contributed by atoms with van der Waals surface area (Å²) in [5.41, 5.74) is 5.26. The Labute approximate surface area is 122 Å². The summed E-state index contributed by atoms with van der Waals surface area (Å²) in [6, 6.07) is 10.1. The minimum absolute atomic E-state index is 0.694. The molecule has 0 unspecified atom stereocenters. The van der Waals surface area contributed by atoms with E-state index in [4.69, 9.17) is 4.42 Å². The number of aromatic nitrogens is 1. The molecule has 0 amide bonds. The third kappa shape index (κ3) is 2.00. The third-order valence-corrected chi connectivity index (χ3v) is 3.82. The summed E-state index contributed by atoms with van der Waals surface area (Å²) in [6.45, 7) is 2.82. The van der Waals surface area contributed by atoms with E-state index in [0.717, 1.165) is 34.6 Å². The van der Waals surface area contributed by atoms with Crippen LogP contribution in [0.3, 0.4) is 0 Å². The molecule has 1 aliphatic rings. The lowest BCUT2D eigenvalue weighted by Gasteiger charge is -2.07. The van der Waals surface area contributed by atoms with Crippen LogP contribution in [0.4, 0.5) is 5.69 Å². The summed E-state index contributed by atoms with van der Waals surface area (Å²) in [6.07, 6.45) is 4.59. The Kier molecular flexibility index (Phi) is 2.74. The predicted octanol–water partition coefficient (Wildman–Crippen LogP) is 3.76. The number of hydrogen-bond donors (Lipinski definition) is 1. The fourth-order valence-corrected chi connectivity index (χ4v) is 2.69. The topological polar surface area (TPSA) is 50.4 Å². The fourth-order valence-electron chi connectivity index (χ4n) is 2.69. The lowest BCUT2D eigenvalue weighted by Crippen LogP contribution is -2.13. The molecule has 4 nitrogen and oxygen atoms in total. The number of furan rings is 1. The molecule has 0 radical (unpaired) electrons. The van der Waals surface area contributed by atoms with Crippen LogP contribution in [0.15, 0.2) is 52.2 Å². The zero-order valence-corrected chi connectivity index (χ0v) is 11.8. The van der Waals surface area contributed by atoms with Gasteiger partial charge in [-0.3, -0.25) is 9.98 Å². The van der Waals surface area contributed by atoms with Crippen molar-refractivity contribution in [3.63, 3.8) is 0 Å². The largest absolute Gasteiger partial charge is 0.464 e. The lowest BCUT2D eigenvalue weighted by molar-refractivity contribution is 0.611. The average Bonchev–Trinajstić information content (AvgIpc) is 3.11. The summed E-state index contributed by atoms with van der Waals surface area (Å²) < 4.78 is 5.55. The number of nitrogens with zero attached hydrogens (tertiary/aromatic N) is 2. The number of fused-ring (bicyclic) bond motifs is 2. The molecular weight excluding hydrogens is 262 g/mol. The van der Waals surface area contributed by atoms with Crippen molar-refractivity contribution in [1.82, 2.24) is 4.98 Å². The Morgan fingerprint density at radius 1 is 1.29 bits per heavy atom. The average molecular weight is 277 g/mol. The van der Waals surface area contributed by atoms with E-state index in [2.05, 4.69) is 34.3 Å². The maximum absolute atomic E-state index is 5.55. The molecule has 0 saturated heterocycles. The number of aryl methyl sites for hydroxylation is 1. The molecule has 1 aliphatic heterocycles. The van der Waals surface area contributed by atoms with E-state index in [1.54, 1.807) is 6.20 Å². The smallest absolute Gasteiger partial charge is 0.152 e. The number of amidine groups is 1. The van der Waals surface area contributed by atoms with Gasteiger partial charge in [0.2, 0.25) is 0 Å². The van der Waals surface area contributed by atoms with E-state index < -0.39 is 0 Å². The molecule has 1 N–H and O–H groups in total. The first-order chi connectivity index (χ1) is 10.3. The van der Waals surface area contributed by atoms with Gasteiger partial charge in [0, 0.05) is 22.8 Å². The van der Waals surface area contributed by atoms with Crippen LogP contribution in [0, 0.1) is 0 Å². The summed E-state index contributed by atoms with van der Waals surface area (Å²) in [4.78, 5) is 8.94. The number of benzene rings is 1. The molecule has 0 spiro atoms. The quantitative estimate of drug-likeness (QED) is 0.776. The molecule has 4 heteroatoms. The minimum Gasteiger partial charge on any atom is -0.464 e. The van der Waals surface area contributed by atoms with Crippen LogP contribution < -0.4 is 5.32 Å². The van der Waals surface area contributed by atoms with Gasteiger partial charge in [-0.05, 0) is 36.2 Å². The van der Waals surface area contributed by atoms with Gasteiger partial charge in [-0.15, -0.1) is 0 Å². The highest BCUT2D eigenvalue weighted by atomic mass is 16.3. The van der Waals surface area contributed by atoms with Crippen molar-refractivity contribution in [1.29, 1.82) is 0 Å². The van der Waals surface area contributed by atoms with Crippen molar-refractivity contribution in [3.8, 4) is 0 Å². The number of pyridine rings is 1. The molecular formula is C17H15N3O. The van der Waals surface area contributed by atoms with Gasteiger partial charge >= 0.3 is 0 Å². The van der Waals surface area contributed by atoms with Crippen LogP contribution in [0.25, 0.3) is 11.0 Å². The van der Waals surface area contributed by atoms with Gasteiger partial charge < -0.3 is 9.73 Å². The third-order valence-electron chi connectivity index (χ3n) is 3.82. The molecule has 104 valence electrons. The van der Waals surface area contributed by atoms with E-state index >= 15 is 0 Å². The summed E-state index contributed by atoms with van der Waals surface area (Å²) in [5.74, 6) is 0.839. The van der Waals surface area contributed by atoms with E-state index in [9.17, 15) is 0 Å². The minimum atomic E-state index is 0.694. The zero-order valence-electron chi connectivity index (χ0n) is 11.8. The molecule has 4 rings (SSSR count). The summed E-state index contributed by atoms with van der Waals surface area (Å²) >= 11 is 0. The Morgan fingerprint density at radius 3 is 3.14 bits per heavy atom. The predicted molar refractivity (Wildman–Crippen MR) is 83.7 cm³/mol. The summed E-state index contributed by atoms with van der Waals surface area (Å²) in [7, 11) is 0. The van der Waals surface area contributed by atoms with Gasteiger partial charge in [0.05, 0.1) is 12.8 Å². The highest BCUT2D eigenvalue weighted by Crippen LogP contribution is 2.26. The standard InChI is InChI=1S/C17H15N3O/c1-2-11-10-21-15-6-5-13(8-14(11)15)20-17-16-12(9-19-17)4-3-7-18-16/h3-8,10H,2,9H2,1H3,(H,19,20). The summed E-state index contributed by atoms with van der Waals surface area (Å²) in [5, 5.41) is 4.53. The first-order valence-electron chi connectivity index (χ1n) is 7.11. The molecule has 0 bridgehead atoms. The normalized spacial score (nSPS) is 13.3. The lowest BCUT2D eigenvalue weighted by atomic mass is 10.1. The van der Waals surface area contributed by atoms with E-state index in [1.165, 1.54) is 11.1 Å². The number of rotatable bonds is 2. The number of aliphatic imine (C=N–C) groups is 1. The van der Waals surface area contributed by atoms with Crippen molar-refractivity contribution in [2.24, 2.45) is 4.99 Å². The van der Waals surface area contributed by atoms with Crippen LogP contribution in [0.1, 0.15) is 23.7 Å². The molecule has 3 aromatic rings. The Hall–Kier alpha value is -2.62. The number of nitrogens with one attached hydrogen (secondary N) is 1. The van der Waals surface area contributed by atoms with Gasteiger partial charge in [-0.2, -0.15) is 0 Å². The molecule has 2 aromatic heterocycles. The number of hydrogen-bond acceptors (Lipinski definition) is 4. The van der Waals surface area contributed by atoms with Crippen LogP contribution >= 0.6 is 0 Å². The molecule has 0 aliphatic carbocycles. The van der Waals surface area contributed by atoms with E-state index in [1.807, 2.05) is 24.5 Å². The van der Waals surface area contributed by atoms with Gasteiger partial charge in [0.1, 0.15) is 11.3 Å². The second-order valence-corrected chi connectivity index (χ2v) is 5.13. The monoisotopic (exact) mass is 277 g/mol. The van der Waals surface area contributed by atoms with E-state index in [0.29, 0.717) is 6.54 Å². The number of anilines is 1. The second-order valence-electron chi connectivity index (χ2n) is 5.13. The molecule has 21 heavy (non-hydrogen) atoms. The molecule has 0 atom stereocenters. The van der Waals surface area contributed by atoms with Crippen molar-refractivity contribution in [3.05, 3.63) is 59.6 Å². The maximum Gasteiger partial charge on any atom is 0.152 e. The zero-order chi connectivity index (χ0) is 14.2. The molecule has 0 saturated carbocycles. The second kappa shape index (κ2) is 4.74. The van der Waals surface area contributed by atoms with Crippen LogP contribution in [-0.4, -0.2) is 10.8 Å². The van der Waals surface area contributed by atoms with Gasteiger partial charge in [-0.1, -0.05) is 13.0 Å². The van der Waals surface area contributed by atoms with Crippen molar-refractivity contribution >= 4 is 22.5 Å². The van der Waals surface area contributed by atoms with Crippen LogP contribution in [0.2, 0.25) is 0 Å². The first-order valence-corrected chi connectivity index (χ1v) is 7.11. The van der Waals surface area contributed by atoms with Gasteiger partial charge in [0.15, 0.2) is 5.84 Å². The highest BCUT2D eigenvalue weighted by molar-refractivity contribution is 6.09. The first kappa shape index (κ1) is 12.1. The van der Waals surface area contributed by atoms with Crippen LogP contribution in [0.5, 0.6) is 0 Å². The fraction of sp³-hybridized carbons (Fsp3) is 0.176. The van der Waals surface area contributed by atoms with Crippen LogP contribution in [-0.2, 0) is 13.0 Å². The van der Waals surface area contributed by atoms with Crippen molar-refractivity contribution in [2.75, 3.05) is 5.32 Å². The van der Waals surface area contributed by atoms with Gasteiger partial charge in [-0.25, -0.2) is 0 Å². The maximum atomic E-state index is 5.55. The SMILES string of the molecule is CCc1coc2ccc(NC3=NCc4cccnc43)cc12. The van der Waals surface area contributed by atoms with Crippen molar-refractivity contribution < 1.29 is 4.42 Å². The van der Waals surface area contributed by atoms with Gasteiger partial charge in [0.25, 0.3) is 0 Å². The Balaban J connectivity index is 1.69.